The van der Waals surface area contributed by atoms with Crippen molar-refractivity contribution < 1.29 is 18.3 Å². The van der Waals surface area contributed by atoms with E-state index in [1.807, 2.05) is 22.6 Å². The van der Waals surface area contributed by atoms with Crippen molar-refractivity contribution >= 4 is 28.4 Å². The first kappa shape index (κ1) is 12.4. The molecule has 0 bridgehead atoms. The van der Waals surface area contributed by atoms with Crippen molar-refractivity contribution in [2.45, 2.75) is 20.5 Å². The number of rotatable bonds is 3. The van der Waals surface area contributed by atoms with E-state index in [0.29, 0.717) is 14.7 Å². The average Bonchev–Trinajstić information content (AvgIpc) is 2.12. The Kier molecular flexibility index (Phi) is 4.01. The molecule has 0 spiro atoms. The molecule has 0 atom stereocenters. The van der Waals surface area contributed by atoms with E-state index in [1.54, 1.807) is 6.92 Å². The molecule has 1 aromatic carbocycles. The predicted octanol–water partition coefficient (Wildman–Crippen LogP) is 3.40. The van der Waals surface area contributed by atoms with Crippen molar-refractivity contribution in [3.8, 4) is 5.75 Å². The molecule has 0 saturated heterocycles. The monoisotopic (exact) mass is 326 g/mol. The Hall–Kier alpha value is -0.720. The van der Waals surface area contributed by atoms with E-state index >= 15 is 0 Å². The largest absolute Gasteiger partial charge is 0.435 e. The molecule has 0 aliphatic heterocycles. The summed E-state index contributed by atoms with van der Waals surface area (Å²) in [5, 5.41) is 0. The Morgan fingerprint density at radius 1 is 1.47 bits per heavy atom. The molecule has 15 heavy (non-hydrogen) atoms. The second-order valence-electron chi connectivity index (χ2n) is 2.98. The number of carbonyl (C=O) groups is 1. The standard InChI is InChI=1S/C10H9F2IO2/c1-5-8(15-10(11)12)4-3-7(6(2)14)9(5)13/h3-4,10H,1-2H3. The summed E-state index contributed by atoms with van der Waals surface area (Å²) < 4.78 is 29.0. The first-order chi connectivity index (χ1) is 6.93. The summed E-state index contributed by atoms with van der Waals surface area (Å²) in [6, 6.07) is 2.88. The Morgan fingerprint density at radius 2 is 2.07 bits per heavy atom. The number of benzene rings is 1. The first-order valence-corrected chi connectivity index (χ1v) is 5.26. The molecular formula is C10H9F2IO2. The minimum Gasteiger partial charge on any atom is -0.435 e. The molecule has 0 amide bonds. The molecule has 0 unspecified atom stereocenters. The minimum atomic E-state index is -2.84. The van der Waals surface area contributed by atoms with Crippen LogP contribution < -0.4 is 4.74 Å². The van der Waals surface area contributed by atoms with Gasteiger partial charge in [0, 0.05) is 14.7 Å². The van der Waals surface area contributed by atoms with Gasteiger partial charge in [-0.05, 0) is 48.6 Å². The zero-order valence-corrected chi connectivity index (χ0v) is 10.3. The van der Waals surface area contributed by atoms with E-state index in [-0.39, 0.29) is 11.5 Å². The minimum absolute atomic E-state index is 0.0916. The van der Waals surface area contributed by atoms with Gasteiger partial charge in [0.15, 0.2) is 5.78 Å². The van der Waals surface area contributed by atoms with Crippen LogP contribution in [0.1, 0.15) is 22.8 Å². The van der Waals surface area contributed by atoms with E-state index < -0.39 is 6.61 Å². The maximum Gasteiger partial charge on any atom is 0.387 e. The van der Waals surface area contributed by atoms with E-state index in [0.717, 1.165) is 0 Å². The number of hydrogen-bond donors (Lipinski definition) is 0. The molecule has 0 saturated carbocycles. The lowest BCUT2D eigenvalue weighted by molar-refractivity contribution is -0.0503. The van der Waals surface area contributed by atoms with Gasteiger partial charge in [0.2, 0.25) is 0 Å². The van der Waals surface area contributed by atoms with Crippen molar-refractivity contribution in [1.29, 1.82) is 0 Å². The van der Waals surface area contributed by atoms with Crippen molar-refractivity contribution in [3.63, 3.8) is 0 Å². The molecule has 0 aliphatic rings. The summed E-state index contributed by atoms with van der Waals surface area (Å²) in [5.74, 6) is 0.0190. The first-order valence-electron chi connectivity index (χ1n) is 4.18. The fourth-order valence-corrected chi connectivity index (χ4v) is 1.99. The number of hydrogen-bond acceptors (Lipinski definition) is 2. The number of carbonyl (C=O) groups excluding carboxylic acids is 1. The number of ether oxygens (including phenoxy) is 1. The maximum absolute atomic E-state index is 12.0. The second kappa shape index (κ2) is 4.87. The van der Waals surface area contributed by atoms with E-state index in [9.17, 15) is 13.6 Å². The maximum atomic E-state index is 12.0. The van der Waals surface area contributed by atoms with Gasteiger partial charge in [-0.15, -0.1) is 0 Å². The molecule has 0 fully saturated rings. The third kappa shape index (κ3) is 2.87. The number of Topliss-reactive ketones (excluding diaryl/α,β-unsaturated/α-hetero) is 1. The summed E-state index contributed by atoms with van der Waals surface area (Å²) >= 11 is 1.95. The van der Waals surface area contributed by atoms with Gasteiger partial charge >= 0.3 is 6.61 Å². The molecule has 1 aromatic rings. The van der Waals surface area contributed by atoms with Gasteiger partial charge in [0.25, 0.3) is 0 Å². The quantitative estimate of drug-likeness (QED) is 0.629. The molecule has 5 heteroatoms. The van der Waals surface area contributed by atoms with Crippen LogP contribution >= 0.6 is 22.6 Å². The topological polar surface area (TPSA) is 26.3 Å². The third-order valence-electron chi connectivity index (χ3n) is 1.93. The Labute approximate surface area is 99.8 Å². The highest BCUT2D eigenvalue weighted by Crippen LogP contribution is 2.27. The average molecular weight is 326 g/mol. The summed E-state index contributed by atoms with van der Waals surface area (Å²) in [6.07, 6.45) is 0. The SMILES string of the molecule is CC(=O)c1ccc(OC(F)F)c(C)c1I. The fourth-order valence-electron chi connectivity index (χ4n) is 1.16. The van der Waals surface area contributed by atoms with Crippen LogP contribution in [0.3, 0.4) is 0 Å². The molecule has 82 valence electrons. The van der Waals surface area contributed by atoms with Crippen molar-refractivity contribution in [2.24, 2.45) is 0 Å². The summed E-state index contributed by atoms with van der Waals surface area (Å²) in [4.78, 5) is 11.2. The van der Waals surface area contributed by atoms with Gasteiger partial charge in [0.05, 0.1) is 0 Å². The molecule has 0 aromatic heterocycles. The van der Waals surface area contributed by atoms with Gasteiger partial charge in [-0.3, -0.25) is 4.79 Å². The number of halogens is 3. The molecule has 2 nitrogen and oxygen atoms in total. The van der Waals surface area contributed by atoms with Crippen molar-refractivity contribution in [1.82, 2.24) is 0 Å². The smallest absolute Gasteiger partial charge is 0.387 e. The van der Waals surface area contributed by atoms with E-state index in [1.165, 1.54) is 19.1 Å². The molecule has 0 radical (unpaired) electrons. The van der Waals surface area contributed by atoms with Crippen LogP contribution in [0.4, 0.5) is 8.78 Å². The van der Waals surface area contributed by atoms with Crippen molar-refractivity contribution in [3.05, 3.63) is 26.8 Å². The molecule has 1 rings (SSSR count). The van der Waals surface area contributed by atoms with Crippen LogP contribution in [0.2, 0.25) is 0 Å². The summed E-state index contributed by atoms with van der Waals surface area (Å²) in [6.45, 7) is 0.235. The highest BCUT2D eigenvalue weighted by Gasteiger charge is 2.14. The zero-order chi connectivity index (χ0) is 11.6. The molecule has 0 N–H and O–H groups in total. The second-order valence-corrected chi connectivity index (χ2v) is 4.06. The summed E-state index contributed by atoms with van der Waals surface area (Å²) in [7, 11) is 0. The molecule has 0 aliphatic carbocycles. The van der Waals surface area contributed by atoms with Gasteiger partial charge in [-0.2, -0.15) is 8.78 Å². The lowest BCUT2D eigenvalue weighted by Crippen LogP contribution is -2.06. The normalized spacial score (nSPS) is 10.5. The molecular weight excluding hydrogens is 317 g/mol. The highest BCUT2D eigenvalue weighted by molar-refractivity contribution is 14.1. The highest BCUT2D eigenvalue weighted by atomic mass is 127. The molecule has 0 heterocycles. The lowest BCUT2D eigenvalue weighted by atomic mass is 10.1. The predicted molar refractivity (Wildman–Crippen MR) is 60.5 cm³/mol. The van der Waals surface area contributed by atoms with Gasteiger partial charge in [0.1, 0.15) is 5.75 Å². The van der Waals surface area contributed by atoms with Crippen LogP contribution in [0.5, 0.6) is 5.75 Å². The summed E-state index contributed by atoms with van der Waals surface area (Å²) in [5.41, 5.74) is 1.08. The van der Waals surface area contributed by atoms with Crippen LogP contribution in [-0.4, -0.2) is 12.4 Å². The van der Waals surface area contributed by atoms with Gasteiger partial charge in [-0.25, -0.2) is 0 Å². The van der Waals surface area contributed by atoms with Crippen LogP contribution in [0.25, 0.3) is 0 Å². The van der Waals surface area contributed by atoms with Crippen molar-refractivity contribution in [2.75, 3.05) is 0 Å². The Bertz CT molecular complexity index is 391. The van der Waals surface area contributed by atoms with Crippen LogP contribution in [-0.2, 0) is 0 Å². The third-order valence-corrected chi connectivity index (χ3v) is 3.32. The van der Waals surface area contributed by atoms with E-state index in [4.69, 9.17) is 0 Å². The van der Waals surface area contributed by atoms with Crippen LogP contribution in [0, 0.1) is 10.5 Å². The Morgan fingerprint density at radius 3 is 2.53 bits per heavy atom. The fraction of sp³-hybridized carbons (Fsp3) is 0.300. The lowest BCUT2D eigenvalue weighted by Gasteiger charge is -2.11. The Balaban J connectivity index is 3.15. The number of alkyl halides is 2. The zero-order valence-electron chi connectivity index (χ0n) is 8.18. The van der Waals surface area contributed by atoms with E-state index in [2.05, 4.69) is 4.74 Å². The number of ketones is 1. The van der Waals surface area contributed by atoms with Crippen LogP contribution in [0.15, 0.2) is 12.1 Å². The van der Waals surface area contributed by atoms with Gasteiger partial charge < -0.3 is 4.74 Å². The van der Waals surface area contributed by atoms with Gasteiger partial charge in [-0.1, -0.05) is 0 Å².